The van der Waals surface area contributed by atoms with Crippen LogP contribution in [-0.4, -0.2) is 52.8 Å². The van der Waals surface area contributed by atoms with E-state index in [9.17, 15) is 4.79 Å². The van der Waals surface area contributed by atoms with Gasteiger partial charge in [-0.15, -0.1) is 0 Å². The number of fused-ring (bicyclic) bond motifs is 2. The summed E-state index contributed by atoms with van der Waals surface area (Å²) < 4.78 is 0. The third-order valence-corrected chi connectivity index (χ3v) is 7.42. The minimum Gasteiger partial charge on any atom is -0.368 e. The molecular weight excluding hydrogens is 390 g/mol. The maximum Gasteiger partial charge on any atom is 0.239 e. The van der Waals surface area contributed by atoms with Crippen LogP contribution in [0.25, 0.3) is 0 Å². The summed E-state index contributed by atoms with van der Waals surface area (Å²) in [5.74, 6) is 1.17. The molecule has 0 unspecified atom stereocenters. The Morgan fingerprint density at radius 2 is 2.03 bits per heavy atom. The van der Waals surface area contributed by atoms with Gasteiger partial charge in [0.25, 0.3) is 0 Å². The predicted molar refractivity (Wildman–Crippen MR) is 120 cm³/mol. The fourth-order valence-electron chi connectivity index (χ4n) is 5.23. The molecule has 162 valence electrons. The lowest BCUT2D eigenvalue weighted by Gasteiger charge is -2.42. The van der Waals surface area contributed by atoms with Crippen LogP contribution < -0.4 is 16.4 Å². The van der Waals surface area contributed by atoms with Crippen LogP contribution in [0.5, 0.6) is 0 Å². The number of carbonyl (C=O) groups excluding carboxylic acids is 1. The second-order valence-electron chi connectivity index (χ2n) is 9.06. The number of aromatic nitrogens is 2. The van der Waals surface area contributed by atoms with Gasteiger partial charge in [0.05, 0.1) is 18.4 Å². The number of anilines is 1. The second kappa shape index (κ2) is 7.30. The molecule has 2 aliphatic heterocycles. The minimum absolute atomic E-state index is 0.107. The van der Waals surface area contributed by atoms with Crippen molar-refractivity contribution >= 4 is 17.6 Å². The zero-order valence-electron chi connectivity index (χ0n) is 18.1. The lowest BCUT2D eigenvalue weighted by Crippen LogP contribution is -2.45. The normalized spacial score (nSPS) is 22.1. The van der Waals surface area contributed by atoms with E-state index in [4.69, 9.17) is 16.5 Å². The van der Waals surface area contributed by atoms with Crippen LogP contribution in [0.4, 0.5) is 5.82 Å². The molecule has 4 N–H and O–H groups in total. The number of nitrogens with zero attached hydrogens (tertiary/aromatic N) is 5. The van der Waals surface area contributed by atoms with Crippen molar-refractivity contribution in [2.75, 3.05) is 25.0 Å². The number of benzene rings is 1. The molecule has 2 atom stereocenters. The molecule has 31 heavy (non-hydrogen) atoms. The van der Waals surface area contributed by atoms with E-state index >= 15 is 0 Å². The molecule has 1 saturated heterocycles. The summed E-state index contributed by atoms with van der Waals surface area (Å²) in [6.07, 6.45) is 4.98. The fourth-order valence-corrected chi connectivity index (χ4v) is 5.23. The van der Waals surface area contributed by atoms with E-state index < -0.39 is 11.9 Å². The van der Waals surface area contributed by atoms with Crippen molar-refractivity contribution in [3.8, 4) is 0 Å². The molecule has 2 aromatic rings. The van der Waals surface area contributed by atoms with Crippen molar-refractivity contribution in [3.05, 3.63) is 53.0 Å². The Bertz CT molecular complexity index is 1060. The van der Waals surface area contributed by atoms with Crippen molar-refractivity contribution in [3.63, 3.8) is 0 Å². The number of amides is 1. The number of likely N-dealkylation sites (N-methyl/N-ethyl adjacent to an activating group) is 1. The van der Waals surface area contributed by atoms with Gasteiger partial charge in [-0.3, -0.25) is 9.79 Å². The molecule has 1 aliphatic carbocycles. The van der Waals surface area contributed by atoms with Crippen LogP contribution in [0, 0.1) is 5.41 Å². The number of hydrogen-bond donors (Lipinski definition) is 2. The van der Waals surface area contributed by atoms with Crippen LogP contribution in [0.3, 0.4) is 0 Å². The van der Waals surface area contributed by atoms with Crippen LogP contribution in [0.15, 0.2) is 35.5 Å². The average Bonchev–Trinajstić information content (AvgIpc) is 3.32. The van der Waals surface area contributed by atoms with Gasteiger partial charge in [-0.25, -0.2) is 9.97 Å². The third-order valence-electron chi connectivity index (χ3n) is 7.42. The zero-order chi connectivity index (χ0) is 21.8. The summed E-state index contributed by atoms with van der Waals surface area (Å²) >= 11 is 0. The number of rotatable bonds is 3. The predicted octanol–water partition coefficient (Wildman–Crippen LogP) is 1.39. The first-order chi connectivity index (χ1) is 14.9. The van der Waals surface area contributed by atoms with Gasteiger partial charge < -0.3 is 21.3 Å². The number of carbonyl (C=O) groups is 1. The molecule has 3 aliphatic rings. The highest BCUT2D eigenvalue weighted by Crippen LogP contribution is 2.50. The molecule has 1 amide bonds. The van der Waals surface area contributed by atoms with Gasteiger partial charge in [0.1, 0.15) is 17.6 Å². The molecular formula is C23H29N7O. The van der Waals surface area contributed by atoms with Gasteiger partial charge in [0, 0.05) is 26.2 Å². The number of aliphatic imine (C=N–C) groups is 1. The van der Waals surface area contributed by atoms with Crippen molar-refractivity contribution in [2.24, 2.45) is 21.9 Å². The number of primary amides is 1. The maximum absolute atomic E-state index is 11.5. The number of amidine groups is 1. The van der Waals surface area contributed by atoms with Gasteiger partial charge in [-0.1, -0.05) is 24.3 Å². The van der Waals surface area contributed by atoms with Crippen LogP contribution >= 0.6 is 0 Å². The summed E-state index contributed by atoms with van der Waals surface area (Å²) in [4.78, 5) is 29.7. The molecule has 0 bridgehead atoms. The van der Waals surface area contributed by atoms with Crippen molar-refractivity contribution in [1.82, 2.24) is 14.9 Å². The van der Waals surface area contributed by atoms with Gasteiger partial charge in [0.2, 0.25) is 5.91 Å². The first-order valence-electron chi connectivity index (χ1n) is 10.9. The maximum atomic E-state index is 11.5. The van der Waals surface area contributed by atoms with Gasteiger partial charge >= 0.3 is 0 Å². The molecule has 1 aromatic carbocycles. The SMILES string of the molecule is C[C@@H](C(N)=O)N(C)C1=NCc2nc(N3CCC4(CC3)Cc3ccccc3[C@H]4N)cnc21. The van der Waals surface area contributed by atoms with Crippen LogP contribution in [0.1, 0.15) is 48.3 Å². The topological polar surface area (TPSA) is 114 Å². The standard InChI is InChI=1S/C23H29N7O/c1-14(21(25)31)29(2)22-19-17(12-27-22)28-18(13-26-19)30-9-7-23(8-10-30)11-15-5-3-4-6-16(15)20(23)24/h3-6,13-14,20H,7-12,24H2,1-2H3,(H2,25,31)/t14-,20+/m0/s1. The summed E-state index contributed by atoms with van der Waals surface area (Å²) in [6, 6.07) is 8.25. The Morgan fingerprint density at radius 3 is 2.74 bits per heavy atom. The van der Waals surface area contributed by atoms with E-state index in [2.05, 4.69) is 39.1 Å². The van der Waals surface area contributed by atoms with Crippen LogP contribution in [0.2, 0.25) is 0 Å². The molecule has 0 saturated carbocycles. The summed E-state index contributed by atoms with van der Waals surface area (Å²) in [7, 11) is 1.81. The summed E-state index contributed by atoms with van der Waals surface area (Å²) in [5, 5.41) is 0. The molecule has 8 heteroatoms. The fraction of sp³-hybridized carbons (Fsp3) is 0.478. The largest absolute Gasteiger partial charge is 0.368 e. The Hall–Kier alpha value is -3.00. The zero-order valence-corrected chi connectivity index (χ0v) is 18.1. The highest BCUT2D eigenvalue weighted by atomic mass is 16.1. The number of nitrogens with two attached hydrogens (primary N) is 2. The van der Waals surface area contributed by atoms with E-state index in [-0.39, 0.29) is 11.5 Å². The molecule has 1 spiro atoms. The van der Waals surface area contributed by atoms with Crippen molar-refractivity contribution in [1.29, 1.82) is 0 Å². The second-order valence-corrected chi connectivity index (χ2v) is 9.06. The van der Waals surface area contributed by atoms with E-state index in [1.807, 2.05) is 13.2 Å². The monoisotopic (exact) mass is 419 g/mol. The lowest BCUT2D eigenvalue weighted by molar-refractivity contribution is -0.121. The van der Waals surface area contributed by atoms with Gasteiger partial charge in [-0.05, 0) is 42.7 Å². The third kappa shape index (κ3) is 3.17. The highest BCUT2D eigenvalue weighted by molar-refractivity contribution is 6.01. The van der Waals surface area contributed by atoms with Gasteiger partial charge in [0.15, 0.2) is 5.84 Å². The highest BCUT2D eigenvalue weighted by Gasteiger charge is 2.46. The Balaban J connectivity index is 1.29. The molecule has 1 fully saturated rings. The van der Waals surface area contributed by atoms with E-state index in [0.717, 1.165) is 49.6 Å². The quantitative estimate of drug-likeness (QED) is 0.777. The van der Waals surface area contributed by atoms with Crippen molar-refractivity contribution < 1.29 is 4.79 Å². The molecule has 0 radical (unpaired) electrons. The molecule has 8 nitrogen and oxygen atoms in total. The first kappa shape index (κ1) is 19.9. The Kier molecular flexibility index (Phi) is 4.69. The smallest absolute Gasteiger partial charge is 0.239 e. The lowest BCUT2D eigenvalue weighted by atomic mass is 9.73. The Labute approximate surface area is 182 Å². The minimum atomic E-state index is -0.454. The number of piperidine rings is 1. The van der Waals surface area contributed by atoms with E-state index in [0.29, 0.717) is 12.4 Å². The van der Waals surface area contributed by atoms with Crippen LogP contribution in [-0.2, 0) is 17.8 Å². The van der Waals surface area contributed by atoms with Crippen molar-refractivity contribution in [2.45, 2.75) is 44.8 Å². The number of hydrogen-bond acceptors (Lipinski definition) is 7. The molecule has 1 aromatic heterocycles. The average molecular weight is 420 g/mol. The Morgan fingerprint density at radius 1 is 1.29 bits per heavy atom. The van der Waals surface area contributed by atoms with Gasteiger partial charge in [-0.2, -0.15) is 0 Å². The van der Waals surface area contributed by atoms with E-state index in [1.165, 1.54) is 11.1 Å². The summed E-state index contributed by atoms with van der Waals surface area (Å²) in [5.41, 5.74) is 16.6. The molecule has 3 heterocycles. The van der Waals surface area contributed by atoms with E-state index in [1.54, 1.807) is 11.8 Å². The first-order valence-corrected chi connectivity index (χ1v) is 10.9. The molecule has 5 rings (SSSR count). The summed E-state index contributed by atoms with van der Waals surface area (Å²) in [6.45, 7) is 4.07.